The number of thioether (sulfide) groups is 1. The third-order valence-electron chi connectivity index (χ3n) is 2.20. The lowest BCUT2D eigenvalue weighted by molar-refractivity contribution is -0.127. The Morgan fingerprint density at radius 2 is 2.31 bits per heavy atom. The van der Waals surface area contributed by atoms with Crippen LogP contribution in [0.5, 0.6) is 0 Å². The molecule has 1 saturated heterocycles. The van der Waals surface area contributed by atoms with Gasteiger partial charge in [-0.15, -0.1) is 11.3 Å². The Hall–Kier alpha value is -0.270. The fraction of sp³-hybridized carbons (Fsp3) is 0.667. The summed E-state index contributed by atoms with van der Waals surface area (Å²) in [7, 11) is 0. The lowest BCUT2D eigenvalue weighted by Crippen LogP contribution is -2.30. The molecule has 0 radical (unpaired) electrons. The Kier molecular flexibility index (Phi) is 3.76. The van der Waals surface area contributed by atoms with E-state index in [9.17, 15) is 13.2 Å². The first kappa shape index (κ1) is 12.2. The van der Waals surface area contributed by atoms with E-state index in [-0.39, 0.29) is 11.0 Å². The van der Waals surface area contributed by atoms with Gasteiger partial charge in [0.15, 0.2) is 0 Å². The molecule has 0 amide bonds. The van der Waals surface area contributed by atoms with Crippen molar-refractivity contribution in [1.29, 1.82) is 0 Å². The fourth-order valence-electron chi connectivity index (χ4n) is 1.49. The van der Waals surface area contributed by atoms with Crippen LogP contribution in [0.3, 0.4) is 0 Å². The minimum Gasteiger partial charge on any atom is -0.307 e. The molecule has 2 rings (SSSR count). The molecule has 2 nitrogen and oxygen atoms in total. The maximum atomic E-state index is 12.1. The molecular formula is C9H11F3N2S2. The van der Waals surface area contributed by atoms with E-state index < -0.39 is 12.6 Å². The average Bonchev–Trinajstić information content (AvgIpc) is 2.65. The molecule has 0 saturated carbocycles. The molecule has 1 N–H and O–H groups in total. The van der Waals surface area contributed by atoms with Crippen molar-refractivity contribution in [2.75, 3.05) is 18.1 Å². The maximum absolute atomic E-state index is 12.1. The van der Waals surface area contributed by atoms with Crippen LogP contribution in [0.4, 0.5) is 13.2 Å². The molecule has 0 spiro atoms. The minimum absolute atomic E-state index is 0.108. The monoisotopic (exact) mass is 268 g/mol. The van der Waals surface area contributed by atoms with Gasteiger partial charge in [0, 0.05) is 23.4 Å². The normalized spacial score (nSPS) is 22.3. The molecule has 90 valence electrons. The molecule has 0 aliphatic carbocycles. The summed E-state index contributed by atoms with van der Waals surface area (Å²) in [4.78, 5) is 4.04. The predicted octanol–water partition coefficient (Wildman–Crippen LogP) is 2.63. The van der Waals surface area contributed by atoms with Crippen LogP contribution in [-0.2, 0) is 6.42 Å². The zero-order valence-electron chi connectivity index (χ0n) is 8.38. The maximum Gasteiger partial charge on any atom is 0.395 e. The Balaban J connectivity index is 2.01. The van der Waals surface area contributed by atoms with E-state index in [1.54, 1.807) is 17.1 Å². The lowest BCUT2D eigenvalue weighted by Gasteiger charge is -2.21. The number of rotatable bonds is 2. The number of thiazole rings is 1. The molecule has 1 atom stereocenters. The summed E-state index contributed by atoms with van der Waals surface area (Å²) in [5, 5.41) is 5.13. The van der Waals surface area contributed by atoms with E-state index in [0.717, 1.165) is 35.1 Å². The molecule has 2 heterocycles. The van der Waals surface area contributed by atoms with Gasteiger partial charge >= 0.3 is 6.18 Å². The van der Waals surface area contributed by atoms with Crippen LogP contribution in [0.15, 0.2) is 5.38 Å². The first-order chi connectivity index (χ1) is 7.54. The molecule has 0 aromatic carbocycles. The van der Waals surface area contributed by atoms with Crippen molar-refractivity contribution in [2.45, 2.75) is 18.6 Å². The van der Waals surface area contributed by atoms with Gasteiger partial charge in [0.05, 0.1) is 18.2 Å². The van der Waals surface area contributed by atoms with Crippen LogP contribution in [-0.4, -0.2) is 29.2 Å². The Morgan fingerprint density at radius 3 is 2.94 bits per heavy atom. The number of nitrogens with zero attached hydrogens (tertiary/aromatic N) is 1. The molecular weight excluding hydrogens is 257 g/mol. The zero-order valence-corrected chi connectivity index (χ0v) is 10.0. The van der Waals surface area contributed by atoms with Gasteiger partial charge in [-0.2, -0.15) is 24.9 Å². The highest BCUT2D eigenvalue weighted by Crippen LogP contribution is 2.27. The first-order valence-corrected chi connectivity index (χ1v) is 6.90. The van der Waals surface area contributed by atoms with Crippen LogP contribution in [0, 0.1) is 0 Å². The summed E-state index contributed by atoms with van der Waals surface area (Å²) < 4.78 is 36.4. The second-order valence-electron chi connectivity index (χ2n) is 3.54. The lowest BCUT2D eigenvalue weighted by atomic mass is 10.2. The molecule has 1 aromatic rings. The van der Waals surface area contributed by atoms with Crippen molar-refractivity contribution in [3.05, 3.63) is 16.1 Å². The van der Waals surface area contributed by atoms with Crippen LogP contribution >= 0.6 is 23.1 Å². The third-order valence-corrected chi connectivity index (χ3v) is 4.13. The SMILES string of the molecule is FC(F)(F)Cc1nc(C2CSCCN2)cs1. The molecule has 1 aromatic heterocycles. The first-order valence-electron chi connectivity index (χ1n) is 4.87. The van der Waals surface area contributed by atoms with Gasteiger partial charge in [0.1, 0.15) is 5.01 Å². The van der Waals surface area contributed by atoms with Crippen molar-refractivity contribution in [1.82, 2.24) is 10.3 Å². The number of nitrogens with one attached hydrogen (secondary N) is 1. The van der Waals surface area contributed by atoms with Gasteiger partial charge in [-0.05, 0) is 0 Å². The van der Waals surface area contributed by atoms with Crippen molar-refractivity contribution in [3.8, 4) is 0 Å². The quantitative estimate of drug-likeness (QED) is 0.892. The Bertz CT molecular complexity index is 345. The van der Waals surface area contributed by atoms with Crippen molar-refractivity contribution in [2.24, 2.45) is 0 Å². The molecule has 1 aliphatic heterocycles. The van der Waals surface area contributed by atoms with E-state index in [4.69, 9.17) is 0 Å². The highest BCUT2D eigenvalue weighted by molar-refractivity contribution is 7.99. The summed E-state index contributed by atoms with van der Waals surface area (Å²) in [5.74, 6) is 1.94. The predicted molar refractivity (Wildman–Crippen MR) is 59.9 cm³/mol. The van der Waals surface area contributed by atoms with E-state index in [0.29, 0.717) is 0 Å². The van der Waals surface area contributed by atoms with E-state index in [1.807, 2.05) is 0 Å². The fourth-order valence-corrected chi connectivity index (χ4v) is 3.33. The van der Waals surface area contributed by atoms with Gasteiger partial charge in [-0.25, -0.2) is 4.98 Å². The Labute approximate surface area is 99.6 Å². The molecule has 7 heteroatoms. The van der Waals surface area contributed by atoms with Gasteiger partial charge in [0.2, 0.25) is 0 Å². The summed E-state index contributed by atoms with van der Waals surface area (Å²) in [6.45, 7) is 0.890. The number of aromatic nitrogens is 1. The van der Waals surface area contributed by atoms with Crippen LogP contribution in [0.25, 0.3) is 0 Å². The minimum atomic E-state index is -4.16. The summed E-state index contributed by atoms with van der Waals surface area (Å²) in [5.41, 5.74) is 0.747. The summed E-state index contributed by atoms with van der Waals surface area (Å²) in [6, 6.07) is 0.108. The molecule has 1 fully saturated rings. The zero-order chi connectivity index (χ0) is 11.6. The third kappa shape index (κ3) is 3.36. The van der Waals surface area contributed by atoms with E-state index >= 15 is 0 Å². The highest BCUT2D eigenvalue weighted by Gasteiger charge is 2.30. The number of hydrogen-bond acceptors (Lipinski definition) is 4. The largest absolute Gasteiger partial charge is 0.395 e. The van der Waals surface area contributed by atoms with E-state index in [1.165, 1.54) is 0 Å². The van der Waals surface area contributed by atoms with Gasteiger partial charge < -0.3 is 5.32 Å². The number of hydrogen-bond donors (Lipinski definition) is 1. The second kappa shape index (κ2) is 4.93. The standard InChI is InChI=1S/C9H11F3N2S2/c10-9(11,12)3-8-14-7(5-16-8)6-4-15-2-1-13-6/h5-6,13H,1-4H2. The molecule has 1 aliphatic rings. The molecule has 16 heavy (non-hydrogen) atoms. The average molecular weight is 268 g/mol. The smallest absolute Gasteiger partial charge is 0.307 e. The van der Waals surface area contributed by atoms with Crippen LogP contribution < -0.4 is 5.32 Å². The van der Waals surface area contributed by atoms with E-state index in [2.05, 4.69) is 10.3 Å². The van der Waals surface area contributed by atoms with Gasteiger partial charge in [-0.3, -0.25) is 0 Å². The van der Waals surface area contributed by atoms with Gasteiger partial charge in [0.25, 0.3) is 0 Å². The van der Waals surface area contributed by atoms with Crippen LogP contribution in [0.1, 0.15) is 16.7 Å². The van der Waals surface area contributed by atoms with Crippen molar-refractivity contribution in [3.63, 3.8) is 0 Å². The second-order valence-corrected chi connectivity index (χ2v) is 5.63. The molecule has 0 bridgehead atoms. The van der Waals surface area contributed by atoms with Crippen molar-refractivity contribution < 1.29 is 13.2 Å². The van der Waals surface area contributed by atoms with Crippen LogP contribution in [0.2, 0.25) is 0 Å². The number of alkyl halides is 3. The highest BCUT2D eigenvalue weighted by atomic mass is 32.2. The summed E-state index contributed by atoms with van der Waals surface area (Å²) in [6.07, 6.45) is -5.08. The number of halogens is 3. The molecule has 1 unspecified atom stereocenters. The summed E-state index contributed by atoms with van der Waals surface area (Å²) >= 11 is 2.89. The van der Waals surface area contributed by atoms with Crippen molar-refractivity contribution >= 4 is 23.1 Å². The topological polar surface area (TPSA) is 24.9 Å². The van der Waals surface area contributed by atoms with Gasteiger partial charge in [-0.1, -0.05) is 0 Å². The Morgan fingerprint density at radius 1 is 1.50 bits per heavy atom.